The van der Waals surface area contributed by atoms with Crippen LogP contribution in [0.4, 0.5) is 37.7 Å². The third-order valence-electron chi connectivity index (χ3n) is 4.36. The number of hydrogen-bond donors (Lipinski definition) is 0. The van der Waals surface area contributed by atoms with E-state index in [4.69, 9.17) is 20.2 Å². The van der Waals surface area contributed by atoms with Gasteiger partial charge in [-0.15, -0.1) is 11.4 Å². The molecule has 183 valence electrons. The molecule has 0 unspecified atom stereocenters. The summed E-state index contributed by atoms with van der Waals surface area (Å²) in [5.74, 6) is 0. The second-order valence-corrected chi connectivity index (χ2v) is 8.57. The number of aromatic nitrogens is 1. The molecule has 1 aromatic heterocycles. The van der Waals surface area contributed by atoms with Gasteiger partial charge in [0.2, 0.25) is 0 Å². The van der Waals surface area contributed by atoms with Crippen LogP contribution < -0.4 is 4.98 Å². The van der Waals surface area contributed by atoms with Crippen LogP contribution in [0.15, 0.2) is 70.6 Å². The normalized spacial score (nSPS) is 12.9. The Bertz CT molecular complexity index is 1050. The van der Waals surface area contributed by atoms with Crippen LogP contribution in [0.5, 0.6) is 0 Å². The average molecular weight is 563 g/mol. The van der Waals surface area contributed by atoms with Crippen LogP contribution in [0.2, 0.25) is 0 Å². The van der Waals surface area contributed by atoms with Crippen molar-refractivity contribution >= 4 is 43.0 Å². The van der Waals surface area contributed by atoms with Gasteiger partial charge in [0, 0.05) is 11.4 Å². The zero-order valence-corrected chi connectivity index (χ0v) is 20.1. The summed E-state index contributed by atoms with van der Waals surface area (Å²) < 4.78 is 75.9. The molecule has 0 fully saturated rings. The van der Waals surface area contributed by atoms with Crippen LogP contribution >= 0.6 is 20.2 Å². The Balaban J connectivity index is 0.00000129. The number of benzene rings is 2. The van der Waals surface area contributed by atoms with Crippen LogP contribution in [-0.4, -0.2) is 11.4 Å². The van der Waals surface area contributed by atoms with Crippen LogP contribution in [0, 0.1) is 0 Å². The first-order chi connectivity index (χ1) is 15.8. The fourth-order valence-corrected chi connectivity index (χ4v) is 2.72. The van der Waals surface area contributed by atoms with Crippen LogP contribution in [0.3, 0.4) is 0 Å². The van der Waals surface area contributed by atoms with Crippen molar-refractivity contribution in [3.63, 3.8) is 0 Å². The molecule has 0 saturated heterocycles. The molecule has 0 atom stereocenters. The zero-order valence-electron chi connectivity index (χ0n) is 17.5. The Labute approximate surface area is 206 Å². The van der Waals surface area contributed by atoms with E-state index in [9.17, 15) is 26.3 Å². The maximum atomic E-state index is 12.6. The van der Waals surface area contributed by atoms with Crippen molar-refractivity contribution < 1.29 is 39.5 Å². The van der Waals surface area contributed by atoms with E-state index in [1.54, 1.807) is 26.0 Å². The topological polar surface area (TPSA) is 38.8 Å². The van der Waals surface area contributed by atoms with Gasteiger partial charge in [0.25, 0.3) is 0 Å². The number of aliphatic imine (C=N–C) groups is 2. The molecular formula is C22H16Cl2F6FeN3. The van der Waals surface area contributed by atoms with E-state index >= 15 is 0 Å². The van der Waals surface area contributed by atoms with Crippen molar-refractivity contribution in [3.05, 3.63) is 83.2 Å². The van der Waals surface area contributed by atoms with Crippen molar-refractivity contribution in [2.75, 3.05) is 0 Å². The first-order valence-corrected chi connectivity index (χ1v) is 12.3. The molecule has 3 nitrogen and oxygen atoms in total. The number of halogens is 8. The van der Waals surface area contributed by atoms with Gasteiger partial charge in [-0.25, -0.2) is 0 Å². The predicted molar refractivity (Wildman–Crippen MR) is 118 cm³/mol. The van der Waals surface area contributed by atoms with Crippen LogP contribution in [0.25, 0.3) is 0 Å². The van der Waals surface area contributed by atoms with Crippen LogP contribution in [-0.2, 0) is 25.5 Å². The number of rotatable bonds is 4. The molecule has 2 aromatic carbocycles. The third kappa shape index (κ3) is 8.20. The van der Waals surface area contributed by atoms with E-state index in [0.29, 0.717) is 34.2 Å². The Morgan fingerprint density at radius 2 is 0.941 bits per heavy atom. The van der Waals surface area contributed by atoms with Crippen molar-refractivity contribution in [1.82, 2.24) is 4.98 Å². The summed E-state index contributed by atoms with van der Waals surface area (Å²) in [6.07, 6.45) is -8.83. The molecule has 0 saturated carbocycles. The molecule has 0 bridgehead atoms. The summed E-state index contributed by atoms with van der Waals surface area (Å²) in [7, 11) is 9.53. The summed E-state index contributed by atoms with van der Waals surface area (Å²) >= 11 is 0.194. The molecule has 0 aliphatic carbocycles. The van der Waals surface area contributed by atoms with E-state index < -0.39 is 23.5 Å². The molecule has 34 heavy (non-hydrogen) atoms. The van der Waals surface area contributed by atoms with E-state index in [0.717, 1.165) is 24.3 Å². The van der Waals surface area contributed by atoms with Crippen molar-refractivity contribution in [2.45, 2.75) is 26.2 Å². The Hall–Kier alpha value is -2.26. The van der Waals surface area contributed by atoms with Gasteiger partial charge in [0.1, 0.15) is 0 Å². The van der Waals surface area contributed by atoms with E-state index in [-0.39, 0.29) is 13.1 Å². The molecule has 3 aromatic rings. The standard InChI is InChI=1S/C22H16F6N3.2ClH.Fe/c1-13(29-17-7-3-15(4-8-17)21(23,24)25)19-11-12-20(31-19)14(2)30-18-9-5-16(6-10-18)22(26,27)28;;;/h3-12H,1-2H3;2*1H;/q-1;;;+3/p-2. The molecule has 0 N–H and O–H groups in total. The second-order valence-electron chi connectivity index (χ2n) is 6.75. The van der Waals surface area contributed by atoms with Crippen molar-refractivity contribution in [2.24, 2.45) is 9.98 Å². The Morgan fingerprint density at radius 1 is 0.647 bits per heavy atom. The quantitative estimate of drug-likeness (QED) is 0.179. The van der Waals surface area contributed by atoms with Crippen LogP contribution in [0.1, 0.15) is 36.4 Å². The molecule has 0 aliphatic rings. The van der Waals surface area contributed by atoms with Gasteiger partial charge in [-0.05, 0) is 62.4 Å². The predicted octanol–water partition coefficient (Wildman–Crippen LogP) is 8.34. The summed E-state index contributed by atoms with van der Waals surface area (Å²) in [6, 6.07) is 12.3. The molecule has 0 amide bonds. The van der Waals surface area contributed by atoms with Crippen molar-refractivity contribution in [1.29, 1.82) is 0 Å². The molecule has 0 aliphatic heterocycles. The molecule has 1 heterocycles. The maximum absolute atomic E-state index is 12.6. The van der Waals surface area contributed by atoms with Gasteiger partial charge in [0.05, 0.1) is 22.5 Å². The molecule has 3 rings (SSSR count). The third-order valence-corrected chi connectivity index (χ3v) is 4.36. The van der Waals surface area contributed by atoms with Gasteiger partial charge in [-0.1, -0.05) is 12.1 Å². The fraction of sp³-hybridized carbons (Fsp3) is 0.182. The van der Waals surface area contributed by atoms with Crippen molar-refractivity contribution in [3.8, 4) is 0 Å². The minimum absolute atomic E-state index is 0.194. The molecule has 0 radical (unpaired) electrons. The second kappa shape index (κ2) is 11.9. The first-order valence-electron chi connectivity index (χ1n) is 9.30. The summed E-state index contributed by atoms with van der Waals surface area (Å²) in [4.78, 5) is 13.0. The zero-order chi connectivity index (χ0) is 25.5. The molecule has 0 spiro atoms. The number of nitrogens with zero attached hydrogens (tertiary/aromatic N) is 3. The van der Waals surface area contributed by atoms with E-state index in [2.05, 4.69) is 15.0 Å². The Kier molecular flexibility index (Phi) is 9.82. The summed E-state index contributed by atoms with van der Waals surface area (Å²) in [5.41, 5.74) is 1.20. The van der Waals surface area contributed by atoms with Gasteiger partial charge < -0.3 is 4.98 Å². The fourth-order valence-electron chi connectivity index (χ4n) is 2.72. The van der Waals surface area contributed by atoms with Gasteiger partial charge in [-0.3, -0.25) is 9.98 Å². The number of alkyl halides is 6. The van der Waals surface area contributed by atoms with E-state index in [1.807, 2.05) is 0 Å². The van der Waals surface area contributed by atoms with E-state index in [1.165, 1.54) is 24.3 Å². The number of hydrogen-bond acceptors (Lipinski definition) is 2. The monoisotopic (exact) mass is 562 g/mol. The summed E-state index contributed by atoms with van der Waals surface area (Å²) in [6.45, 7) is 3.35. The first kappa shape index (κ1) is 28.0. The Morgan fingerprint density at radius 3 is 1.21 bits per heavy atom. The molecular weight excluding hydrogens is 547 g/mol. The summed E-state index contributed by atoms with van der Waals surface area (Å²) in [5, 5.41) is 0. The average Bonchev–Trinajstić information content (AvgIpc) is 3.24. The van der Waals surface area contributed by atoms with Gasteiger partial charge >= 0.3 is 45.7 Å². The SMILES string of the molecule is CC(=Nc1ccc(C(F)(F)F)cc1)c1ccc(C(C)=Nc2ccc(C(F)(F)F)cc2)[n-]1.[Cl][Fe+][Cl]. The van der Waals surface area contributed by atoms with Gasteiger partial charge in [-0.2, -0.15) is 26.3 Å². The van der Waals surface area contributed by atoms with Gasteiger partial charge in [0.15, 0.2) is 0 Å². The minimum atomic E-state index is -4.41. The molecule has 12 heteroatoms.